The van der Waals surface area contributed by atoms with Crippen molar-refractivity contribution in [1.82, 2.24) is 0 Å². The Morgan fingerprint density at radius 3 is 1.45 bits per heavy atom. The summed E-state index contributed by atoms with van der Waals surface area (Å²) in [6, 6.07) is 0. The van der Waals surface area contributed by atoms with E-state index in [9.17, 15) is 0 Å². The lowest BCUT2D eigenvalue weighted by Gasteiger charge is -2.44. The van der Waals surface area contributed by atoms with E-state index in [-0.39, 0.29) is 0 Å². The number of hydrogen-bond donors (Lipinski definition) is 0. The molecule has 66 valence electrons. The second-order valence-corrected chi connectivity index (χ2v) is 4.29. The third kappa shape index (κ3) is 1.98. The molecule has 0 aromatic carbocycles. The van der Waals surface area contributed by atoms with E-state index in [1.165, 1.54) is 38.5 Å². The first-order chi connectivity index (χ1) is 5.29. The maximum Gasteiger partial charge on any atom is -0.0326 e. The van der Waals surface area contributed by atoms with Gasteiger partial charge < -0.3 is 0 Å². The smallest absolute Gasteiger partial charge is 0.0326 e. The van der Waals surface area contributed by atoms with Gasteiger partial charge in [0.15, 0.2) is 0 Å². The van der Waals surface area contributed by atoms with Gasteiger partial charge in [0.1, 0.15) is 0 Å². The Balaban J connectivity index is 0.000000281. The summed E-state index contributed by atoms with van der Waals surface area (Å²) >= 11 is 0. The van der Waals surface area contributed by atoms with Crippen LogP contribution in [0.1, 0.15) is 59.3 Å². The molecule has 3 fully saturated rings. The van der Waals surface area contributed by atoms with Gasteiger partial charge in [-0.3, -0.25) is 0 Å². The summed E-state index contributed by atoms with van der Waals surface area (Å²) in [6.45, 7) is 6.47. The molecule has 0 saturated heterocycles. The quantitative estimate of drug-likeness (QED) is 0.494. The lowest BCUT2D eigenvalue weighted by Crippen LogP contribution is -2.30. The zero-order valence-electron chi connectivity index (χ0n) is 8.32. The van der Waals surface area contributed by atoms with Crippen molar-refractivity contribution in [2.45, 2.75) is 59.3 Å². The van der Waals surface area contributed by atoms with Crippen molar-refractivity contribution < 1.29 is 0 Å². The van der Waals surface area contributed by atoms with Crippen molar-refractivity contribution in [2.75, 3.05) is 0 Å². The Morgan fingerprint density at radius 1 is 0.909 bits per heavy atom. The highest BCUT2D eigenvalue weighted by Crippen LogP contribution is 2.49. The van der Waals surface area contributed by atoms with Crippen molar-refractivity contribution in [1.29, 1.82) is 0 Å². The summed E-state index contributed by atoms with van der Waals surface area (Å²) in [5.41, 5.74) is 0.786. The first-order valence-electron chi connectivity index (χ1n) is 5.29. The monoisotopic (exact) mass is 154 g/mol. The first-order valence-corrected chi connectivity index (χ1v) is 5.29. The molecule has 0 unspecified atom stereocenters. The predicted octanol–water partition coefficient (Wildman–Crippen LogP) is 4.00. The van der Waals surface area contributed by atoms with Gasteiger partial charge in [0.2, 0.25) is 0 Å². The molecule has 11 heavy (non-hydrogen) atoms. The van der Waals surface area contributed by atoms with E-state index in [2.05, 4.69) is 6.92 Å². The molecule has 3 aliphatic carbocycles. The normalized spacial score (nSPS) is 41.2. The summed E-state index contributed by atoms with van der Waals surface area (Å²) in [5.74, 6) is 1.13. The van der Waals surface area contributed by atoms with Crippen LogP contribution in [0.2, 0.25) is 0 Å². The standard InChI is InChI=1S/C9H16.C2H6/c1-9-5-2-8(3-6-9)4-7-9;1-2/h8H,2-7H2,1H3;1-2H3. The van der Waals surface area contributed by atoms with Crippen LogP contribution in [0.3, 0.4) is 0 Å². The largest absolute Gasteiger partial charge is 0.0683 e. The average Bonchev–Trinajstić information content (AvgIpc) is 2.10. The molecule has 0 atom stereocenters. The topological polar surface area (TPSA) is 0 Å². The Morgan fingerprint density at radius 2 is 1.27 bits per heavy atom. The van der Waals surface area contributed by atoms with E-state index in [4.69, 9.17) is 0 Å². The van der Waals surface area contributed by atoms with Crippen LogP contribution < -0.4 is 0 Å². The Hall–Kier alpha value is 0. The van der Waals surface area contributed by atoms with Gasteiger partial charge in [-0.15, -0.1) is 0 Å². The van der Waals surface area contributed by atoms with Crippen molar-refractivity contribution in [2.24, 2.45) is 11.3 Å². The first kappa shape index (κ1) is 9.09. The molecule has 0 aromatic heterocycles. The molecule has 0 N–H and O–H groups in total. The minimum absolute atomic E-state index is 0.786. The molecule has 0 spiro atoms. The van der Waals surface area contributed by atoms with Gasteiger partial charge in [-0.05, 0) is 49.9 Å². The molecule has 0 heteroatoms. The van der Waals surface area contributed by atoms with E-state index in [0.29, 0.717) is 0 Å². The number of hydrogen-bond acceptors (Lipinski definition) is 0. The molecule has 0 amide bonds. The van der Waals surface area contributed by atoms with Crippen LogP contribution in [-0.2, 0) is 0 Å². The van der Waals surface area contributed by atoms with Crippen LogP contribution in [0, 0.1) is 11.3 Å². The van der Waals surface area contributed by atoms with Gasteiger partial charge in [0, 0.05) is 0 Å². The highest BCUT2D eigenvalue weighted by molar-refractivity contribution is 4.88. The van der Waals surface area contributed by atoms with Crippen LogP contribution in [0.5, 0.6) is 0 Å². The fourth-order valence-corrected chi connectivity index (χ4v) is 2.47. The van der Waals surface area contributed by atoms with E-state index >= 15 is 0 Å². The summed E-state index contributed by atoms with van der Waals surface area (Å²) < 4.78 is 0. The molecular weight excluding hydrogens is 132 g/mol. The van der Waals surface area contributed by atoms with Gasteiger partial charge in [-0.2, -0.15) is 0 Å². The Labute approximate surface area is 71.4 Å². The maximum atomic E-state index is 2.47. The van der Waals surface area contributed by atoms with Crippen LogP contribution in [-0.4, -0.2) is 0 Å². The van der Waals surface area contributed by atoms with Gasteiger partial charge in [0.05, 0.1) is 0 Å². The van der Waals surface area contributed by atoms with E-state index in [1.807, 2.05) is 13.8 Å². The van der Waals surface area contributed by atoms with Crippen LogP contribution in [0.25, 0.3) is 0 Å². The number of fused-ring (bicyclic) bond motifs is 3. The minimum Gasteiger partial charge on any atom is -0.0683 e. The zero-order chi connectivity index (χ0) is 8.32. The molecule has 0 nitrogen and oxygen atoms in total. The van der Waals surface area contributed by atoms with Gasteiger partial charge >= 0.3 is 0 Å². The summed E-state index contributed by atoms with van der Waals surface area (Å²) in [5, 5.41) is 0. The lowest BCUT2D eigenvalue weighted by molar-refractivity contribution is 0.0833. The van der Waals surface area contributed by atoms with Crippen LogP contribution in [0.15, 0.2) is 0 Å². The van der Waals surface area contributed by atoms with Crippen molar-refractivity contribution in [3.8, 4) is 0 Å². The van der Waals surface area contributed by atoms with Crippen LogP contribution in [0.4, 0.5) is 0 Å². The summed E-state index contributed by atoms with van der Waals surface area (Å²) in [4.78, 5) is 0. The van der Waals surface area contributed by atoms with Crippen LogP contribution >= 0.6 is 0 Å². The van der Waals surface area contributed by atoms with E-state index < -0.39 is 0 Å². The van der Waals surface area contributed by atoms with Crippen molar-refractivity contribution >= 4 is 0 Å². The molecule has 0 aromatic rings. The fourth-order valence-electron chi connectivity index (χ4n) is 2.47. The SMILES string of the molecule is CC.CC12CCC(CC1)CC2. The maximum absolute atomic E-state index is 2.47. The predicted molar refractivity (Wildman–Crippen MR) is 50.6 cm³/mol. The highest BCUT2D eigenvalue weighted by atomic mass is 14.4. The lowest BCUT2D eigenvalue weighted by atomic mass is 9.62. The third-order valence-corrected chi connectivity index (χ3v) is 3.47. The number of rotatable bonds is 0. The van der Waals surface area contributed by atoms with E-state index in [1.54, 1.807) is 0 Å². The molecule has 2 bridgehead atoms. The molecule has 0 heterocycles. The Bertz CT molecular complexity index is 93.4. The minimum atomic E-state index is 0.786. The Kier molecular flexibility index (Phi) is 2.98. The van der Waals surface area contributed by atoms with Gasteiger partial charge in [0.25, 0.3) is 0 Å². The fraction of sp³-hybridized carbons (Fsp3) is 1.00. The highest BCUT2D eigenvalue weighted by Gasteiger charge is 2.36. The third-order valence-electron chi connectivity index (χ3n) is 3.47. The molecular formula is C11H22. The van der Waals surface area contributed by atoms with E-state index in [0.717, 1.165) is 11.3 Å². The molecule has 0 radical (unpaired) electrons. The molecule has 3 aliphatic rings. The van der Waals surface area contributed by atoms with Crippen molar-refractivity contribution in [3.05, 3.63) is 0 Å². The van der Waals surface area contributed by atoms with Gasteiger partial charge in [-0.25, -0.2) is 0 Å². The zero-order valence-corrected chi connectivity index (χ0v) is 8.32. The summed E-state index contributed by atoms with van der Waals surface area (Å²) in [7, 11) is 0. The van der Waals surface area contributed by atoms with Crippen molar-refractivity contribution in [3.63, 3.8) is 0 Å². The second-order valence-electron chi connectivity index (χ2n) is 4.29. The van der Waals surface area contributed by atoms with Gasteiger partial charge in [-0.1, -0.05) is 20.8 Å². The molecule has 0 aliphatic heterocycles. The molecule has 3 rings (SSSR count). The molecule has 3 saturated carbocycles. The second kappa shape index (κ2) is 3.60. The summed E-state index contributed by atoms with van der Waals surface area (Å²) in [6.07, 6.45) is 9.19. The average molecular weight is 154 g/mol.